The predicted molar refractivity (Wildman–Crippen MR) is 117 cm³/mol. The van der Waals surface area contributed by atoms with Crippen LogP contribution in [-0.2, 0) is 15.3 Å². The van der Waals surface area contributed by atoms with Crippen LogP contribution in [0.1, 0.15) is 29.0 Å². The number of hydrogen-bond acceptors (Lipinski definition) is 5. The zero-order valence-corrected chi connectivity index (χ0v) is 17.1. The second kappa shape index (κ2) is 8.54. The molecule has 0 spiro atoms. The van der Waals surface area contributed by atoms with Gasteiger partial charge in [-0.2, -0.15) is 0 Å². The maximum Gasteiger partial charge on any atom is 0.257 e. The zero-order chi connectivity index (χ0) is 21.1. The fourth-order valence-electron chi connectivity index (χ4n) is 3.35. The molecule has 0 saturated carbocycles. The van der Waals surface area contributed by atoms with E-state index in [1.54, 1.807) is 24.3 Å². The number of benzene rings is 2. The summed E-state index contributed by atoms with van der Waals surface area (Å²) in [5.74, 6) is -0.890. The van der Waals surface area contributed by atoms with Crippen molar-refractivity contribution in [1.82, 2.24) is 9.97 Å². The molecule has 0 radical (unpaired) electrons. The van der Waals surface area contributed by atoms with Crippen molar-refractivity contribution < 1.29 is 9.59 Å². The Labute approximate surface area is 177 Å². The molecule has 1 aliphatic heterocycles. The third kappa shape index (κ3) is 4.44. The number of H-pyrrole nitrogens is 1. The third-order valence-electron chi connectivity index (χ3n) is 4.75. The maximum absolute atomic E-state index is 12.8. The number of para-hydroxylation sites is 1. The van der Waals surface area contributed by atoms with Crippen LogP contribution in [0.15, 0.2) is 64.5 Å². The van der Waals surface area contributed by atoms with E-state index in [2.05, 4.69) is 26.7 Å². The monoisotopic (exact) mass is 420 g/mol. The molecule has 8 heteroatoms. The number of amides is 2. The molecule has 152 valence electrons. The largest absolute Gasteiger partial charge is 0.326 e. The summed E-state index contributed by atoms with van der Waals surface area (Å²) in [6.45, 7) is 2.02. The van der Waals surface area contributed by atoms with E-state index in [4.69, 9.17) is 0 Å². The molecule has 1 aromatic heterocycles. The molecule has 0 saturated heterocycles. The molecule has 3 aromatic rings. The van der Waals surface area contributed by atoms with Gasteiger partial charge in [0.1, 0.15) is 5.82 Å². The van der Waals surface area contributed by atoms with Gasteiger partial charge >= 0.3 is 0 Å². The molecule has 0 bridgehead atoms. The van der Waals surface area contributed by atoms with Gasteiger partial charge in [-0.1, -0.05) is 59.8 Å². The molecule has 2 aromatic carbocycles. The van der Waals surface area contributed by atoms with Gasteiger partial charge in [-0.3, -0.25) is 14.4 Å². The molecule has 0 fully saturated rings. The van der Waals surface area contributed by atoms with E-state index < -0.39 is 17.4 Å². The first-order valence-corrected chi connectivity index (χ1v) is 10.5. The molecular formula is C22H20N4O3S. The number of aryl methyl sites for hydroxylation is 1. The fourth-order valence-corrected chi connectivity index (χ4v) is 4.15. The van der Waals surface area contributed by atoms with Gasteiger partial charge in [0.05, 0.1) is 11.5 Å². The molecule has 7 nitrogen and oxygen atoms in total. The van der Waals surface area contributed by atoms with Crippen LogP contribution in [0.25, 0.3) is 0 Å². The Hall–Kier alpha value is -3.39. The van der Waals surface area contributed by atoms with Gasteiger partial charge in [-0.15, -0.1) is 0 Å². The number of nitrogens with zero attached hydrogens (tertiary/aromatic N) is 1. The normalized spacial score (nSPS) is 15.2. The summed E-state index contributed by atoms with van der Waals surface area (Å²) >= 11 is 1.36. The van der Waals surface area contributed by atoms with Crippen molar-refractivity contribution >= 4 is 35.1 Å². The van der Waals surface area contributed by atoms with E-state index >= 15 is 0 Å². The number of aromatic nitrogens is 2. The zero-order valence-electron chi connectivity index (χ0n) is 16.3. The highest BCUT2D eigenvalue weighted by Crippen LogP contribution is 2.31. The summed E-state index contributed by atoms with van der Waals surface area (Å²) < 4.78 is 0. The van der Waals surface area contributed by atoms with Gasteiger partial charge in [0.15, 0.2) is 5.16 Å². The Morgan fingerprint density at radius 2 is 1.97 bits per heavy atom. The van der Waals surface area contributed by atoms with Crippen LogP contribution in [0.3, 0.4) is 0 Å². The number of carbonyl (C=O) groups excluding carboxylic acids is 2. The third-order valence-corrected chi connectivity index (χ3v) is 5.69. The van der Waals surface area contributed by atoms with E-state index in [9.17, 15) is 14.4 Å². The molecule has 3 N–H and O–H groups in total. The first-order valence-electron chi connectivity index (χ1n) is 9.48. The summed E-state index contributed by atoms with van der Waals surface area (Å²) in [4.78, 5) is 44.9. The van der Waals surface area contributed by atoms with Crippen molar-refractivity contribution in [1.29, 1.82) is 0 Å². The summed E-state index contributed by atoms with van der Waals surface area (Å²) in [6, 6.07) is 17.0. The molecule has 1 atom stereocenters. The number of thioether (sulfide) groups is 1. The van der Waals surface area contributed by atoms with Gasteiger partial charge < -0.3 is 15.6 Å². The predicted octanol–water partition coefficient (Wildman–Crippen LogP) is 3.44. The van der Waals surface area contributed by atoms with Gasteiger partial charge in [0, 0.05) is 17.9 Å². The van der Waals surface area contributed by atoms with Crippen LogP contribution in [-0.4, -0.2) is 21.8 Å². The minimum Gasteiger partial charge on any atom is -0.326 e. The quantitative estimate of drug-likeness (QED) is 0.433. The van der Waals surface area contributed by atoms with E-state index in [1.165, 1.54) is 11.8 Å². The molecule has 2 amide bonds. The van der Waals surface area contributed by atoms with E-state index in [1.807, 2.05) is 31.2 Å². The van der Waals surface area contributed by atoms with Gasteiger partial charge in [0.25, 0.3) is 5.56 Å². The smallest absolute Gasteiger partial charge is 0.257 e. The van der Waals surface area contributed by atoms with Crippen molar-refractivity contribution in [2.45, 2.75) is 30.2 Å². The van der Waals surface area contributed by atoms with Crippen molar-refractivity contribution in [3.8, 4) is 0 Å². The second-order valence-electron chi connectivity index (χ2n) is 7.07. The first kappa shape index (κ1) is 19.9. The Balaban J connectivity index is 1.58. The number of aromatic amines is 1. The number of fused-ring (bicyclic) bond motifs is 1. The molecule has 0 aliphatic carbocycles. The SMILES string of the molecule is Cc1cccc(CSc2nc3c(c(=O)[nH]2)[C@@H](C(=O)Nc2ccccc2)CC(=O)N3)c1. The van der Waals surface area contributed by atoms with Crippen molar-refractivity contribution in [2.75, 3.05) is 10.6 Å². The summed E-state index contributed by atoms with van der Waals surface area (Å²) in [5.41, 5.74) is 2.62. The average molecular weight is 420 g/mol. The van der Waals surface area contributed by atoms with Crippen LogP contribution in [0.2, 0.25) is 0 Å². The van der Waals surface area contributed by atoms with Crippen LogP contribution in [0.5, 0.6) is 0 Å². The fraction of sp³-hybridized carbons (Fsp3) is 0.182. The van der Waals surface area contributed by atoms with E-state index in [0.717, 1.165) is 11.1 Å². The lowest BCUT2D eigenvalue weighted by atomic mass is 9.92. The van der Waals surface area contributed by atoms with Crippen LogP contribution in [0, 0.1) is 6.92 Å². The molecule has 1 aliphatic rings. The minimum absolute atomic E-state index is 0.105. The molecule has 0 unspecified atom stereocenters. The summed E-state index contributed by atoms with van der Waals surface area (Å²) in [6.07, 6.45) is -0.105. The van der Waals surface area contributed by atoms with Gasteiger partial charge in [-0.25, -0.2) is 4.98 Å². The lowest BCUT2D eigenvalue weighted by molar-refractivity contribution is -0.123. The highest BCUT2D eigenvalue weighted by atomic mass is 32.2. The highest BCUT2D eigenvalue weighted by molar-refractivity contribution is 7.98. The van der Waals surface area contributed by atoms with Gasteiger partial charge in [-0.05, 0) is 24.6 Å². The van der Waals surface area contributed by atoms with Crippen LogP contribution in [0.4, 0.5) is 11.5 Å². The average Bonchev–Trinajstić information content (AvgIpc) is 2.72. The number of anilines is 2. The van der Waals surface area contributed by atoms with Crippen LogP contribution >= 0.6 is 11.8 Å². The number of carbonyl (C=O) groups is 2. The van der Waals surface area contributed by atoms with Gasteiger partial charge in [0.2, 0.25) is 11.8 Å². The lowest BCUT2D eigenvalue weighted by Gasteiger charge is -2.23. The highest BCUT2D eigenvalue weighted by Gasteiger charge is 2.34. The Morgan fingerprint density at radius 3 is 2.73 bits per heavy atom. The topological polar surface area (TPSA) is 104 Å². The van der Waals surface area contributed by atoms with E-state index in [0.29, 0.717) is 16.6 Å². The number of rotatable bonds is 5. The first-order chi connectivity index (χ1) is 14.5. The molecular weight excluding hydrogens is 400 g/mol. The summed E-state index contributed by atoms with van der Waals surface area (Å²) in [7, 11) is 0. The standard InChI is InChI=1S/C22H20N4O3S/c1-13-6-5-7-14(10-13)12-30-22-25-19-18(21(29)26-22)16(11-17(27)24-19)20(28)23-15-8-3-2-4-9-15/h2-10,16H,11-12H2,1H3,(H,23,28)(H2,24,25,26,27,29)/t16-/m0/s1. The number of hydrogen-bond donors (Lipinski definition) is 3. The Morgan fingerprint density at radius 1 is 1.17 bits per heavy atom. The Kier molecular flexibility index (Phi) is 5.67. The molecule has 4 rings (SSSR count). The van der Waals surface area contributed by atoms with Crippen molar-refractivity contribution in [3.05, 3.63) is 81.6 Å². The minimum atomic E-state index is -0.902. The summed E-state index contributed by atoms with van der Waals surface area (Å²) in [5, 5.41) is 5.79. The molecule has 30 heavy (non-hydrogen) atoms. The number of nitrogens with one attached hydrogen (secondary N) is 3. The van der Waals surface area contributed by atoms with Crippen LogP contribution < -0.4 is 16.2 Å². The molecule has 2 heterocycles. The Bertz CT molecular complexity index is 1160. The van der Waals surface area contributed by atoms with E-state index in [-0.39, 0.29) is 23.7 Å². The lowest BCUT2D eigenvalue weighted by Crippen LogP contribution is -2.36. The second-order valence-corrected chi connectivity index (χ2v) is 8.04. The van der Waals surface area contributed by atoms with Crippen molar-refractivity contribution in [2.24, 2.45) is 0 Å². The van der Waals surface area contributed by atoms with Crippen molar-refractivity contribution in [3.63, 3.8) is 0 Å². The maximum atomic E-state index is 12.8.